The first-order chi connectivity index (χ1) is 14.2. The average molecular weight is 386 g/mol. The van der Waals surface area contributed by atoms with Gasteiger partial charge in [0.2, 0.25) is 0 Å². The molecule has 0 spiro atoms. The van der Waals surface area contributed by atoms with Gasteiger partial charge >= 0.3 is 6.03 Å². The molecule has 0 aromatic heterocycles. The smallest absolute Gasteiger partial charge is 0.273 e. The number of fused-ring (bicyclic) bond motifs is 1. The van der Waals surface area contributed by atoms with E-state index in [1.165, 1.54) is 11.1 Å². The van der Waals surface area contributed by atoms with Crippen LogP contribution in [-0.4, -0.2) is 12.6 Å². The topological polar surface area (TPSA) is 44.4 Å². The average Bonchev–Trinajstić information content (AvgIpc) is 2.77. The standard InChI is InChI=1S/C25H27N3O/c1-19-21(17-16-20-10-8-9-15-24(19)20)18-26-27-25(29)28(22-11-4-2-5-12-22)23-13-6-3-7-14-23/h2-15,19,21,26H,16-18H2,1H3,(H,27,29). The molecule has 2 N–H and O–H groups in total. The third kappa shape index (κ3) is 4.33. The SMILES string of the molecule is CC1c2ccccc2CCC1CNNC(=O)N(c1ccccc1)c1ccccc1. The quantitative estimate of drug-likeness (QED) is 0.577. The highest BCUT2D eigenvalue weighted by Gasteiger charge is 2.26. The molecule has 1 aliphatic carbocycles. The van der Waals surface area contributed by atoms with E-state index in [0.29, 0.717) is 11.8 Å². The van der Waals surface area contributed by atoms with E-state index in [1.54, 1.807) is 4.90 Å². The van der Waals surface area contributed by atoms with Crippen molar-refractivity contribution in [1.29, 1.82) is 0 Å². The van der Waals surface area contributed by atoms with E-state index >= 15 is 0 Å². The maximum absolute atomic E-state index is 13.0. The lowest BCUT2D eigenvalue weighted by atomic mass is 9.76. The van der Waals surface area contributed by atoms with Crippen molar-refractivity contribution in [2.45, 2.75) is 25.7 Å². The van der Waals surface area contributed by atoms with Crippen molar-refractivity contribution in [2.24, 2.45) is 5.92 Å². The van der Waals surface area contributed by atoms with Gasteiger partial charge in [-0.3, -0.25) is 10.3 Å². The first-order valence-corrected chi connectivity index (χ1v) is 10.2. The van der Waals surface area contributed by atoms with Crippen LogP contribution in [0.3, 0.4) is 0 Å². The Balaban J connectivity index is 1.41. The van der Waals surface area contributed by atoms with Crippen LogP contribution >= 0.6 is 0 Å². The Hall–Kier alpha value is -3.11. The number of hydrogen-bond acceptors (Lipinski definition) is 2. The fraction of sp³-hybridized carbons (Fsp3) is 0.240. The maximum atomic E-state index is 13.0. The van der Waals surface area contributed by atoms with Gasteiger partial charge in [0, 0.05) is 6.54 Å². The van der Waals surface area contributed by atoms with Crippen LogP contribution in [0.4, 0.5) is 16.2 Å². The lowest BCUT2D eigenvalue weighted by Crippen LogP contribution is -2.47. The van der Waals surface area contributed by atoms with Gasteiger partial charge in [0.1, 0.15) is 0 Å². The molecular formula is C25H27N3O. The van der Waals surface area contributed by atoms with Crippen molar-refractivity contribution in [3.05, 3.63) is 96.1 Å². The molecule has 0 radical (unpaired) electrons. The first-order valence-electron chi connectivity index (χ1n) is 10.2. The van der Waals surface area contributed by atoms with Gasteiger partial charge in [-0.25, -0.2) is 10.2 Å². The van der Waals surface area contributed by atoms with Crippen LogP contribution in [0.1, 0.15) is 30.4 Å². The minimum absolute atomic E-state index is 0.189. The fourth-order valence-corrected chi connectivity index (χ4v) is 4.18. The molecule has 2 amide bonds. The third-order valence-corrected chi connectivity index (χ3v) is 5.83. The van der Waals surface area contributed by atoms with Crippen LogP contribution in [0, 0.1) is 5.92 Å². The predicted molar refractivity (Wildman–Crippen MR) is 118 cm³/mol. The molecule has 2 atom stereocenters. The Bertz CT molecular complexity index is 903. The summed E-state index contributed by atoms with van der Waals surface area (Å²) in [5.74, 6) is 0.968. The second-order valence-corrected chi connectivity index (χ2v) is 7.60. The molecule has 0 bridgehead atoms. The molecule has 1 aliphatic rings. The summed E-state index contributed by atoms with van der Waals surface area (Å²) in [5, 5.41) is 0. The Morgan fingerprint density at radius 3 is 2.14 bits per heavy atom. The van der Waals surface area contributed by atoms with Crippen molar-refractivity contribution in [2.75, 3.05) is 11.4 Å². The van der Waals surface area contributed by atoms with E-state index in [2.05, 4.69) is 42.0 Å². The largest absolute Gasteiger partial charge is 0.340 e. The van der Waals surface area contributed by atoms with Crippen molar-refractivity contribution in [3.8, 4) is 0 Å². The van der Waals surface area contributed by atoms with Crippen LogP contribution in [0.2, 0.25) is 0 Å². The molecule has 0 saturated carbocycles. The van der Waals surface area contributed by atoms with Crippen LogP contribution < -0.4 is 15.8 Å². The van der Waals surface area contributed by atoms with E-state index in [4.69, 9.17) is 0 Å². The van der Waals surface area contributed by atoms with E-state index in [0.717, 1.165) is 30.8 Å². The van der Waals surface area contributed by atoms with E-state index in [1.807, 2.05) is 60.7 Å². The third-order valence-electron chi connectivity index (χ3n) is 5.83. The highest BCUT2D eigenvalue weighted by molar-refractivity contribution is 5.99. The summed E-state index contributed by atoms with van der Waals surface area (Å²) in [5.41, 5.74) is 10.7. The normalized spacial score (nSPS) is 18.0. The van der Waals surface area contributed by atoms with Gasteiger partial charge in [-0.05, 0) is 60.1 Å². The van der Waals surface area contributed by atoms with Crippen molar-refractivity contribution < 1.29 is 4.79 Å². The summed E-state index contributed by atoms with van der Waals surface area (Å²) in [7, 11) is 0. The molecule has 148 valence electrons. The highest BCUT2D eigenvalue weighted by atomic mass is 16.2. The Morgan fingerprint density at radius 1 is 0.897 bits per heavy atom. The van der Waals surface area contributed by atoms with Crippen LogP contribution in [0.25, 0.3) is 0 Å². The van der Waals surface area contributed by atoms with Gasteiger partial charge in [0.15, 0.2) is 0 Å². The summed E-state index contributed by atoms with van der Waals surface area (Å²) in [6, 6.07) is 27.9. The summed E-state index contributed by atoms with van der Waals surface area (Å²) >= 11 is 0. The predicted octanol–water partition coefficient (Wildman–Crippen LogP) is 5.41. The Labute approximate surface area is 172 Å². The number of benzene rings is 3. The molecular weight excluding hydrogens is 358 g/mol. The van der Waals surface area contributed by atoms with Crippen LogP contribution in [-0.2, 0) is 6.42 Å². The first kappa shape index (κ1) is 19.2. The molecule has 4 nitrogen and oxygen atoms in total. The number of para-hydroxylation sites is 2. The Kier molecular flexibility index (Phi) is 5.92. The summed E-state index contributed by atoms with van der Waals surface area (Å²) in [6.07, 6.45) is 2.23. The summed E-state index contributed by atoms with van der Waals surface area (Å²) in [6.45, 7) is 3.03. The van der Waals surface area contributed by atoms with E-state index < -0.39 is 0 Å². The van der Waals surface area contributed by atoms with Crippen molar-refractivity contribution >= 4 is 17.4 Å². The minimum Gasteiger partial charge on any atom is -0.273 e. The number of anilines is 2. The lowest BCUT2D eigenvalue weighted by molar-refractivity contribution is 0.241. The van der Waals surface area contributed by atoms with Gasteiger partial charge in [-0.15, -0.1) is 0 Å². The molecule has 4 heteroatoms. The summed E-state index contributed by atoms with van der Waals surface area (Å²) < 4.78 is 0. The summed E-state index contributed by atoms with van der Waals surface area (Å²) in [4.78, 5) is 14.7. The highest BCUT2D eigenvalue weighted by Crippen LogP contribution is 2.35. The second kappa shape index (κ2) is 8.93. The minimum atomic E-state index is -0.189. The maximum Gasteiger partial charge on any atom is 0.340 e. The lowest BCUT2D eigenvalue weighted by Gasteiger charge is -2.32. The number of urea groups is 1. The van der Waals surface area contributed by atoms with Gasteiger partial charge < -0.3 is 0 Å². The van der Waals surface area contributed by atoms with Crippen LogP contribution in [0.5, 0.6) is 0 Å². The second-order valence-electron chi connectivity index (χ2n) is 7.60. The fourth-order valence-electron chi connectivity index (χ4n) is 4.18. The van der Waals surface area contributed by atoms with Crippen molar-refractivity contribution in [1.82, 2.24) is 10.9 Å². The number of carbonyl (C=O) groups excluding carboxylic acids is 1. The number of rotatable bonds is 5. The molecule has 0 saturated heterocycles. The Morgan fingerprint density at radius 2 is 1.48 bits per heavy atom. The number of hydrazine groups is 1. The molecule has 4 rings (SSSR count). The number of nitrogens with one attached hydrogen (secondary N) is 2. The van der Waals surface area contributed by atoms with E-state index in [9.17, 15) is 4.79 Å². The van der Waals surface area contributed by atoms with Gasteiger partial charge in [0.25, 0.3) is 0 Å². The zero-order valence-electron chi connectivity index (χ0n) is 16.7. The molecule has 0 heterocycles. The number of hydrogen-bond donors (Lipinski definition) is 2. The zero-order chi connectivity index (χ0) is 20.1. The number of nitrogens with zero attached hydrogens (tertiary/aromatic N) is 1. The zero-order valence-corrected chi connectivity index (χ0v) is 16.7. The van der Waals surface area contributed by atoms with E-state index in [-0.39, 0.29) is 6.03 Å². The monoisotopic (exact) mass is 385 g/mol. The van der Waals surface area contributed by atoms with Gasteiger partial charge in [-0.2, -0.15) is 0 Å². The molecule has 29 heavy (non-hydrogen) atoms. The van der Waals surface area contributed by atoms with Gasteiger partial charge in [-0.1, -0.05) is 67.6 Å². The molecule has 0 fully saturated rings. The van der Waals surface area contributed by atoms with Crippen molar-refractivity contribution in [3.63, 3.8) is 0 Å². The number of amides is 2. The molecule has 3 aromatic rings. The number of carbonyl (C=O) groups is 1. The molecule has 0 aliphatic heterocycles. The molecule has 2 unspecified atom stereocenters. The molecule has 3 aromatic carbocycles. The van der Waals surface area contributed by atoms with Crippen LogP contribution in [0.15, 0.2) is 84.9 Å². The van der Waals surface area contributed by atoms with Gasteiger partial charge in [0.05, 0.1) is 11.4 Å². The number of aryl methyl sites for hydroxylation is 1.